The average molecular weight is 378 g/mol. The van der Waals surface area contributed by atoms with E-state index in [2.05, 4.69) is 41.7 Å². The normalized spacial score (nSPS) is 10.4. The Morgan fingerprint density at radius 1 is 0.957 bits per heavy atom. The summed E-state index contributed by atoms with van der Waals surface area (Å²) in [5, 5.41) is 13.0. The van der Waals surface area contributed by atoms with Crippen LogP contribution in [0.5, 0.6) is 0 Å². The van der Waals surface area contributed by atoms with Crippen LogP contribution < -0.4 is 10.6 Å². The van der Waals surface area contributed by atoms with Gasteiger partial charge in [0.15, 0.2) is 5.82 Å². The molecule has 2 aromatic carbocycles. The molecule has 0 aliphatic heterocycles. The van der Waals surface area contributed by atoms with E-state index < -0.39 is 11.6 Å². The molecule has 0 saturated carbocycles. The summed E-state index contributed by atoms with van der Waals surface area (Å²) in [5.41, 5.74) is 0.455. The summed E-state index contributed by atoms with van der Waals surface area (Å²) in [7, 11) is 0. The zero-order valence-corrected chi connectivity index (χ0v) is 13.2. The molecule has 0 spiro atoms. The predicted molar refractivity (Wildman–Crippen MR) is 86.9 cm³/mol. The first-order valence-corrected chi connectivity index (χ1v) is 7.34. The van der Waals surface area contributed by atoms with Gasteiger partial charge >= 0.3 is 0 Å². The Balaban J connectivity index is 1.83. The number of benzene rings is 2. The molecule has 116 valence electrons. The minimum Gasteiger partial charge on any atom is -0.339 e. The van der Waals surface area contributed by atoms with Gasteiger partial charge in [-0.05, 0) is 30.3 Å². The lowest BCUT2D eigenvalue weighted by Gasteiger charge is -2.09. The summed E-state index contributed by atoms with van der Waals surface area (Å²) in [6, 6.07) is 11.0. The van der Waals surface area contributed by atoms with Crippen LogP contribution in [0, 0.1) is 11.6 Å². The van der Waals surface area contributed by atoms with Gasteiger partial charge in [0.05, 0.1) is 6.20 Å². The maximum Gasteiger partial charge on any atom is 0.249 e. The fraction of sp³-hybridized carbons (Fsp3) is 0. The summed E-state index contributed by atoms with van der Waals surface area (Å²) in [4.78, 5) is 4.13. The van der Waals surface area contributed by atoms with Crippen LogP contribution in [-0.4, -0.2) is 15.2 Å². The van der Waals surface area contributed by atoms with Gasteiger partial charge in [0.1, 0.15) is 17.3 Å². The van der Waals surface area contributed by atoms with Crippen LogP contribution in [0.2, 0.25) is 0 Å². The smallest absolute Gasteiger partial charge is 0.249 e. The van der Waals surface area contributed by atoms with Gasteiger partial charge in [-0.15, -0.1) is 5.10 Å². The van der Waals surface area contributed by atoms with Crippen molar-refractivity contribution in [1.29, 1.82) is 0 Å². The fourth-order valence-corrected chi connectivity index (χ4v) is 2.26. The maximum absolute atomic E-state index is 13.6. The molecule has 0 radical (unpaired) electrons. The predicted octanol–water partition coefficient (Wildman–Crippen LogP) is 4.40. The minimum atomic E-state index is -0.737. The first kappa shape index (κ1) is 15.3. The summed E-state index contributed by atoms with van der Waals surface area (Å²) in [6.07, 6.45) is 1.41. The molecular formula is C15H10BrF2N5. The van der Waals surface area contributed by atoms with Crippen LogP contribution in [0.15, 0.2) is 53.1 Å². The van der Waals surface area contributed by atoms with E-state index in [0.717, 1.165) is 22.3 Å². The number of nitrogens with one attached hydrogen (secondary N) is 2. The second-order valence-corrected chi connectivity index (χ2v) is 5.44. The minimum absolute atomic E-state index is 0.0194. The first-order valence-electron chi connectivity index (χ1n) is 6.55. The molecule has 3 rings (SSSR count). The summed E-state index contributed by atoms with van der Waals surface area (Å²) in [6.45, 7) is 0. The maximum atomic E-state index is 13.6. The zero-order chi connectivity index (χ0) is 16.2. The topological polar surface area (TPSA) is 62.7 Å². The fourth-order valence-electron chi connectivity index (χ4n) is 1.86. The number of para-hydroxylation sites is 1. The highest BCUT2D eigenvalue weighted by molar-refractivity contribution is 9.10. The SMILES string of the molecule is Fc1cccc(F)c1Nc1nncc(Nc2cccc(Br)c2)n1. The molecule has 0 aliphatic carbocycles. The molecule has 0 saturated heterocycles. The van der Waals surface area contributed by atoms with Crippen molar-refractivity contribution in [3.63, 3.8) is 0 Å². The lowest BCUT2D eigenvalue weighted by atomic mass is 10.3. The van der Waals surface area contributed by atoms with Gasteiger partial charge in [-0.25, -0.2) is 8.78 Å². The third kappa shape index (κ3) is 3.78. The average Bonchev–Trinajstić information content (AvgIpc) is 2.52. The van der Waals surface area contributed by atoms with E-state index in [0.29, 0.717) is 5.82 Å². The molecule has 0 aliphatic rings. The highest BCUT2D eigenvalue weighted by atomic mass is 79.9. The van der Waals surface area contributed by atoms with E-state index in [-0.39, 0.29) is 11.6 Å². The molecule has 0 atom stereocenters. The lowest BCUT2D eigenvalue weighted by Crippen LogP contribution is -2.04. The third-order valence-electron chi connectivity index (χ3n) is 2.86. The van der Waals surface area contributed by atoms with Gasteiger partial charge in [-0.2, -0.15) is 10.1 Å². The van der Waals surface area contributed by atoms with E-state index >= 15 is 0 Å². The molecule has 1 heterocycles. The second kappa shape index (κ2) is 6.66. The van der Waals surface area contributed by atoms with E-state index in [1.165, 1.54) is 12.3 Å². The Bertz CT molecular complexity index is 823. The molecule has 1 aromatic heterocycles. The van der Waals surface area contributed by atoms with Crippen molar-refractivity contribution in [2.24, 2.45) is 0 Å². The standard InChI is InChI=1S/C15H10BrF2N5/c16-9-3-1-4-10(7-9)20-13-8-19-23-15(21-13)22-14-11(17)5-2-6-12(14)18/h1-8H,(H2,20,21,22,23). The Morgan fingerprint density at radius 3 is 2.43 bits per heavy atom. The van der Waals surface area contributed by atoms with E-state index in [4.69, 9.17) is 0 Å². The van der Waals surface area contributed by atoms with Crippen molar-refractivity contribution >= 4 is 39.1 Å². The first-order chi connectivity index (χ1) is 11.1. The molecule has 0 bridgehead atoms. The number of hydrogen-bond donors (Lipinski definition) is 2. The van der Waals surface area contributed by atoms with E-state index in [1.807, 2.05) is 24.3 Å². The Morgan fingerprint density at radius 2 is 1.70 bits per heavy atom. The van der Waals surface area contributed by atoms with Gasteiger partial charge in [0.25, 0.3) is 0 Å². The zero-order valence-electron chi connectivity index (χ0n) is 11.6. The molecule has 0 unspecified atom stereocenters. The Kier molecular flexibility index (Phi) is 4.42. The highest BCUT2D eigenvalue weighted by Gasteiger charge is 2.10. The van der Waals surface area contributed by atoms with Crippen LogP contribution in [-0.2, 0) is 0 Å². The molecule has 0 fully saturated rings. The molecular weight excluding hydrogens is 368 g/mol. The van der Waals surface area contributed by atoms with Crippen molar-refractivity contribution in [2.45, 2.75) is 0 Å². The number of rotatable bonds is 4. The summed E-state index contributed by atoms with van der Waals surface area (Å²) >= 11 is 3.37. The van der Waals surface area contributed by atoms with Gasteiger partial charge < -0.3 is 10.6 Å². The van der Waals surface area contributed by atoms with Crippen molar-refractivity contribution in [3.8, 4) is 0 Å². The number of halogens is 3. The van der Waals surface area contributed by atoms with Gasteiger partial charge in [-0.3, -0.25) is 0 Å². The second-order valence-electron chi connectivity index (χ2n) is 4.52. The molecule has 3 aromatic rings. The van der Waals surface area contributed by atoms with Gasteiger partial charge in [0.2, 0.25) is 5.95 Å². The number of anilines is 4. The van der Waals surface area contributed by atoms with Crippen LogP contribution >= 0.6 is 15.9 Å². The monoisotopic (exact) mass is 377 g/mol. The molecule has 0 amide bonds. The largest absolute Gasteiger partial charge is 0.339 e. The quantitative estimate of drug-likeness (QED) is 0.705. The van der Waals surface area contributed by atoms with Crippen molar-refractivity contribution in [1.82, 2.24) is 15.2 Å². The van der Waals surface area contributed by atoms with Gasteiger partial charge in [-0.1, -0.05) is 28.1 Å². The highest BCUT2D eigenvalue weighted by Crippen LogP contribution is 2.22. The van der Waals surface area contributed by atoms with Crippen LogP contribution in [0.25, 0.3) is 0 Å². The molecule has 23 heavy (non-hydrogen) atoms. The van der Waals surface area contributed by atoms with Crippen molar-refractivity contribution in [3.05, 3.63) is 64.8 Å². The number of hydrogen-bond acceptors (Lipinski definition) is 5. The Hall–Kier alpha value is -2.61. The third-order valence-corrected chi connectivity index (χ3v) is 3.35. The van der Waals surface area contributed by atoms with Gasteiger partial charge in [0, 0.05) is 10.2 Å². The Labute approximate surface area is 138 Å². The van der Waals surface area contributed by atoms with E-state index in [9.17, 15) is 8.78 Å². The van der Waals surface area contributed by atoms with Crippen LogP contribution in [0.3, 0.4) is 0 Å². The molecule has 5 nitrogen and oxygen atoms in total. The summed E-state index contributed by atoms with van der Waals surface area (Å²) in [5.74, 6) is -1.11. The van der Waals surface area contributed by atoms with Crippen LogP contribution in [0.1, 0.15) is 0 Å². The van der Waals surface area contributed by atoms with E-state index in [1.54, 1.807) is 0 Å². The summed E-state index contributed by atoms with van der Waals surface area (Å²) < 4.78 is 28.2. The van der Waals surface area contributed by atoms with Crippen molar-refractivity contribution < 1.29 is 8.78 Å². The molecule has 2 N–H and O–H groups in total. The lowest BCUT2D eigenvalue weighted by molar-refractivity contribution is 0.590. The molecule has 8 heteroatoms. The van der Waals surface area contributed by atoms with Crippen molar-refractivity contribution in [2.75, 3.05) is 10.6 Å². The van der Waals surface area contributed by atoms with Crippen LogP contribution in [0.4, 0.5) is 31.9 Å². The number of aromatic nitrogens is 3. The number of nitrogens with zero attached hydrogens (tertiary/aromatic N) is 3.